The highest BCUT2D eigenvalue weighted by Gasteiger charge is 2.33. The molecule has 2 fully saturated rings. The molecule has 2 N–H and O–H groups in total. The van der Waals surface area contributed by atoms with Crippen LogP contribution < -0.4 is 10.9 Å². The summed E-state index contributed by atoms with van der Waals surface area (Å²) in [5.74, 6) is 1.49. The van der Waals surface area contributed by atoms with E-state index < -0.39 is 0 Å². The monoisotopic (exact) mass is 327 g/mol. The summed E-state index contributed by atoms with van der Waals surface area (Å²) in [4.78, 5) is 14.6. The number of piperidine rings is 1. The number of carbonyl (C=O) groups is 1. The van der Waals surface area contributed by atoms with E-state index in [1.54, 1.807) is 0 Å². The average Bonchev–Trinajstić information content (AvgIpc) is 3.22. The molecule has 2 atom stereocenters. The molecule has 3 heterocycles. The van der Waals surface area contributed by atoms with Crippen LogP contribution >= 0.6 is 0 Å². The Morgan fingerprint density at radius 2 is 2.08 bits per heavy atom. The molecule has 2 aliphatic rings. The number of hydrazine groups is 1. The molecule has 2 unspecified atom stereocenters. The van der Waals surface area contributed by atoms with E-state index >= 15 is 0 Å². The van der Waals surface area contributed by atoms with Crippen molar-refractivity contribution in [3.05, 3.63) is 30.5 Å². The van der Waals surface area contributed by atoms with E-state index in [-0.39, 0.29) is 5.91 Å². The third kappa shape index (κ3) is 2.91. The van der Waals surface area contributed by atoms with E-state index in [0.717, 1.165) is 43.4 Å². The summed E-state index contributed by atoms with van der Waals surface area (Å²) in [7, 11) is 0. The van der Waals surface area contributed by atoms with Gasteiger partial charge >= 0.3 is 0 Å². The summed E-state index contributed by atoms with van der Waals surface area (Å²) in [6.45, 7) is 5.37. The van der Waals surface area contributed by atoms with Gasteiger partial charge in [-0.25, -0.2) is 0 Å². The fourth-order valence-electron chi connectivity index (χ4n) is 4.08. The van der Waals surface area contributed by atoms with E-state index in [9.17, 15) is 4.79 Å². The lowest BCUT2D eigenvalue weighted by Crippen LogP contribution is -2.46. The smallest absolute Gasteiger partial charge is 0.244 e. The lowest BCUT2D eigenvalue weighted by Gasteiger charge is -2.36. The fourth-order valence-corrected chi connectivity index (χ4v) is 4.08. The van der Waals surface area contributed by atoms with Gasteiger partial charge in [0.15, 0.2) is 0 Å². The SMILES string of the molecule is CC1CNNC1C1CCN(C(=O)Cn2ncc3ccccc32)CC1. The lowest BCUT2D eigenvalue weighted by molar-refractivity contribution is -0.133. The molecular weight excluding hydrogens is 302 g/mol. The lowest BCUT2D eigenvalue weighted by atomic mass is 9.84. The van der Waals surface area contributed by atoms with Gasteiger partial charge in [0, 0.05) is 31.1 Å². The van der Waals surface area contributed by atoms with E-state index in [1.165, 1.54) is 0 Å². The second-order valence-corrected chi connectivity index (χ2v) is 7.11. The van der Waals surface area contributed by atoms with Crippen LogP contribution in [0.5, 0.6) is 0 Å². The maximum absolute atomic E-state index is 12.6. The summed E-state index contributed by atoms with van der Waals surface area (Å²) in [6.07, 6.45) is 3.99. The van der Waals surface area contributed by atoms with Crippen LogP contribution in [0.4, 0.5) is 0 Å². The number of hydrogen-bond donors (Lipinski definition) is 2. The molecule has 4 rings (SSSR count). The highest BCUT2D eigenvalue weighted by Crippen LogP contribution is 2.26. The number of nitrogens with one attached hydrogen (secondary N) is 2. The van der Waals surface area contributed by atoms with Gasteiger partial charge in [-0.2, -0.15) is 5.10 Å². The quantitative estimate of drug-likeness (QED) is 0.894. The summed E-state index contributed by atoms with van der Waals surface area (Å²) in [5.41, 5.74) is 7.69. The molecule has 1 aromatic carbocycles. The Morgan fingerprint density at radius 3 is 2.83 bits per heavy atom. The highest BCUT2D eigenvalue weighted by atomic mass is 16.2. The van der Waals surface area contributed by atoms with Crippen LogP contribution in [0.1, 0.15) is 19.8 Å². The first-order valence-electron chi connectivity index (χ1n) is 8.89. The third-order valence-electron chi connectivity index (χ3n) is 5.54. The number of amides is 1. The van der Waals surface area contributed by atoms with Crippen molar-refractivity contribution in [2.75, 3.05) is 19.6 Å². The van der Waals surface area contributed by atoms with E-state index in [2.05, 4.69) is 22.9 Å². The van der Waals surface area contributed by atoms with Crippen molar-refractivity contribution >= 4 is 16.8 Å². The van der Waals surface area contributed by atoms with Crippen molar-refractivity contribution in [2.24, 2.45) is 11.8 Å². The molecule has 0 saturated carbocycles. The predicted molar refractivity (Wildman–Crippen MR) is 93.1 cm³/mol. The van der Waals surface area contributed by atoms with E-state index in [4.69, 9.17) is 0 Å². The molecule has 2 saturated heterocycles. The van der Waals surface area contributed by atoms with Crippen LogP contribution in [-0.4, -0.2) is 46.3 Å². The number of fused-ring (bicyclic) bond motifs is 1. The van der Waals surface area contributed by atoms with Crippen LogP contribution in [0.15, 0.2) is 30.5 Å². The predicted octanol–water partition coefficient (Wildman–Crippen LogP) is 1.39. The van der Waals surface area contributed by atoms with Crippen LogP contribution in [-0.2, 0) is 11.3 Å². The Kier molecular flexibility index (Phi) is 4.24. The molecule has 24 heavy (non-hydrogen) atoms. The molecule has 2 aliphatic heterocycles. The Labute approximate surface area is 142 Å². The largest absolute Gasteiger partial charge is 0.341 e. The van der Waals surface area contributed by atoms with Gasteiger partial charge < -0.3 is 4.90 Å². The minimum Gasteiger partial charge on any atom is -0.341 e. The fraction of sp³-hybridized carbons (Fsp3) is 0.556. The molecule has 1 aromatic heterocycles. The molecule has 0 bridgehead atoms. The van der Waals surface area contributed by atoms with E-state index in [0.29, 0.717) is 24.4 Å². The van der Waals surface area contributed by atoms with Gasteiger partial charge in [-0.05, 0) is 30.7 Å². The maximum atomic E-state index is 12.6. The number of aromatic nitrogens is 2. The van der Waals surface area contributed by atoms with Gasteiger partial charge in [0.2, 0.25) is 5.91 Å². The zero-order valence-corrected chi connectivity index (χ0v) is 14.1. The second-order valence-electron chi connectivity index (χ2n) is 7.11. The van der Waals surface area contributed by atoms with Gasteiger partial charge in [0.1, 0.15) is 6.54 Å². The summed E-state index contributed by atoms with van der Waals surface area (Å²) < 4.78 is 1.81. The molecule has 6 nitrogen and oxygen atoms in total. The Bertz CT molecular complexity index is 719. The highest BCUT2D eigenvalue weighted by molar-refractivity contribution is 5.82. The van der Waals surface area contributed by atoms with Crippen molar-refractivity contribution in [3.8, 4) is 0 Å². The standard InChI is InChI=1S/C18H25N5O/c1-13-10-19-21-18(13)14-6-8-22(9-7-14)17(24)12-23-16-5-3-2-4-15(16)11-20-23/h2-5,11,13-14,18-19,21H,6-10,12H2,1H3. The topological polar surface area (TPSA) is 62.2 Å². The third-order valence-corrected chi connectivity index (χ3v) is 5.54. The van der Waals surface area contributed by atoms with Crippen molar-refractivity contribution < 1.29 is 4.79 Å². The second kappa shape index (κ2) is 6.53. The zero-order valence-electron chi connectivity index (χ0n) is 14.1. The molecule has 128 valence electrons. The van der Waals surface area contributed by atoms with Crippen LogP contribution in [0.2, 0.25) is 0 Å². The summed E-state index contributed by atoms with van der Waals surface area (Å²) in [5, 5.41) is 5.45. The Hall–Kier alpha value is -1.92. The molecule has 2 aromatic rings. The van der Waals surface area contributed by atoms with Gasteiger partial charge in [-0.15, -0.1) is 0 Å². The number of carbonyl (C=O) groups excluding carboxylic acids is 1. The first-order chi connectivity index (χ1) is 11.7. The first kappa shape index (κ1) is 15.6. The van der Waals surface area contributed by atoms with Gasteiger partial charge in [0.05, 0.1) is 11.7 Å². The van der Waals surface area contributed by atoms with Crippen molar-refractivity contribution in [1.82, 2.24) is 25.5 Å². The minimum absolute atomic E-state index is 0.174. The molecule has 6 heteroatoms. The number of benzene rings is 1. The number of nitrogens with zero attached hydrogens (tertiary/aromatic N) is 3. The number of para-hydroxylation sites is 1. The zero-order chi connectivity index (χ0) is 16.5. The number of likely N-dealkylation sites (tertiary alicyclic amines) is 1. The van der Waals surface area contributed by atoms with E-state index in [1.807, 2.05) is 40.0 Å². The molecule has 1 amide bonds. The van der Waals surface area contributed by atoms with Gasteiger partial charge in [-0.1, -0.05) is 25.1 Å². The number of rotatable bonds is 3. The van der Waals surface area contributed by atoms with Gasteiger partial charge in [-0.3, -0.25) is 20.3 Å². The van der Waals surface area contributed by atoms with Crippen molar-refractivity contribution in [2.45, 2.75) is 32.4 Å². The maximum Gasteiger partial charge on any atom is 0.244 e. The number of hydrogen-bond acceptors (Lipinski definition) is 4. The summed E-state index contributed by atoms with van der Waals surface area (Å²) >= 11 is 0. The van der Waals surface area contributed by atoms with Crippen molar-refractivity contribution in [3.63, 3.8) is 0 Å². The van der Waals surface area contributed by atoms with Crippen LogP contribution in [0.25, 0.3) is 10.9 Å². The Balaban J connectivity index is 1.36. The summed E-state index contributed by atoms with van der Waals surface area (Å²) in [6, 6.07) is 8.56. The molecule has 0 spiro atoms. The van der Waals surface area contributed by atoms with Gasteiger partial charge in [0.25, 0.3) is 0 Å². The van der Waals surface area contributed by atoms with Crippen molar-refractivity contribution in [1.29, 1.82) is 0 Å². The normalized spacial score (nSPS) is 25.5. The minimum atomic E-state index is 0.174. The first-order valence-corrected chi connectivity index (χ1v) is 8.89. The molecule has 0 radical (unpaired) electrons. The van der Waals surface area contributed by atoms with Crippen LogP contribution in [0.3, 0.4) is 0 Å². The Morgan fingerprint density at radius 1 is 1.29 bits per heavy atom. The van der Waals surface area contributed by atoms with Crippen LogP contribution in [0, 0.1) is 11.8 Å². The average molecular weight is 327 g/mol. The molecule has 0 aliphatic carbocycles. The molecular formula is C18H25N5O.